The molecule has 0 fully saturated rings. The molecule has 118 valence electrons. The Morgan fingerprint density at radius 1 is 1.19 bits per heavy atom. The molecule has 0 bridgehead atoms. The summed E-state index contributed by atoms with van der Waals surface area (Å²) in [4.78, 5) is 10.9. The van der Waals surface area contributed by atoms with Crippen molar-refractivity contribution in [2.24, 2.45) is 11.1 Å². The third-order valence-electron chi connectivity index (χ3n) is 3.38. The van der Waals surface area contributed by atoms with Crippen LogP contribution in [0, 0.1) is 5.41 Å². The van der Waals surface area contributed by atoms with E-state index in [4.69, 9.17) is 15.6 Å². The molecule has 0 amide bonds. The van der Waals surface area contributed by atoms with Gasteiger partial charge in [-0.2, -0.15) is 0 Å². The molecule has 0 saturated heterocycles. The van der Waals surface area contributed by atoms with Crippen LogP contribution in [0.4, 0.5) is 0 Å². The molecule has 1 atom stereocenters. The van der Waals surface area contributed by atoms with Gasteiger partial charge in [-0.1, -0.05) is 46.8 Å². The second kappa shape index (κ2) is 6.48. The predicted octanol–water partition coefficient (Wildman–Crippen LogP) is 3.19. The Labute approximate surface area is 127 Å². The molecule has 1 aromatic rings. The van der Waals surface area contributed by atoms with E-state index in [1.807, 2.05) is 24.3 Å². The van der Waals surface area contributed by atoms with Crippen LogP contribution >= 0.6 is 0 Å². The van der Waals surface area contributed by atoms with Gasteiger partial charge in [0.2, 0.25) is 6.10 Å². The monoisotopic (exact) mass is 293 g/mol. The third-order valence-corrected chi connectivity index (χ3v) is 3.38. The van der Waals surface area contributed by atoms with E-state index in [0.29, 0.717) is 5.75 Å². The van der Waals surface area contributed by atoms with Crippen LogP contribution in [0.25, 0.3) is 0 Å². The summed E-state index contributed by atoms with van der Waals surface area (Å²) in [6.45, 7) is 11.1. The number of hydrogen-bond donors (Lipinski definition) is 2. The summed E-state index contributed by atoms with van der Waals surface area (Å²) in [7, 11) is 0. The SMILES string of the molecule is CC(C)(C)CC(C)(C)c1ccc(OC(CN)C(=O)O)cc1. The van der Waals surface area contributed by atoms with E-state index in [-0.39, 0.29) is 17.4 Å². The minimum absolute atomic E-state index is 0.0490. The minimum Gasteiger partial charge on any atom is -0.478 e. The molecule has 3 N–H and O–H groups in total. The van der Waals surface area contributed by atoms with Crippen molar-refractivity contribution in [3.63, 3.8) is 0 Å². The van der Waals surface area contributed by atoms with Crippen LogP contribution in [0.1, 0.15) is 46.6 Å². The number of benzene rings is 1. The molecule has 1 rings (SSSR count). The molecule has 0 aliphatic heterocycles. The maximum atomic E-state index is 10.9. The first kappa shape index (κ1) is 17.5. The van der Waals surface area contributed by atoms with Crippen molar-refractivity contribution in [1.29, 1.82) is 0 Å². The highest BCUT2D eigenvalue weighted by atomic mass is 16.5. The number of carboxylic acids is 1. The molecule has 0 aromatic heterocycles. The molecule has 0 radical (unpaired) electrons. The quantitative estimate of drug-likeness (QED) is 0.845. The van der Waals surface area contributed by atoms with Gasteiger partial charge in [0.1, 0.15) is 5.75 Å². The lowest BCUT2D eigenvalue weighted by atomic mass is 9.72. The van der Waals surface area contributed by atoms with Crippen LogP contribution < -0.4 is 10.5 Å². The van der Waals surface area contributed by atoms with E-state index in [1.165, 1.54) is 5.56 Å². The van der Waals surface area contributed by atoms with E-state index in [1.54, 1.807) is 0 Å². The first-order valence-corrected chi connectivity index (χ1v) is 7.25. The summed E-state index contributed by atoms with van der Waals surface area (Å²) in [5.74, 6) is -0.516. The maximum Gasteiger partial charge on any atom is 0.346 e. The predicted molar refractivity (Wildman–Crippen MR) is 84.6 cm³/mol. The van der Waals surface area contributed by atoms with Crippen molar-refractivity contribution in [3.8, 4) is 5.75 Å². The van der Waals surface area contributed by atoms with Crippen LogP contribution in [0.2, 0.25) is 0 Å². The Hall–Kier alpha value is -1.55. The number of rotatable bonds is 6. The second-order valence-corrected chi connectivity index (χ2v) is 7.33. The highest BCUT2D eigenvalue weighted by Crippen LogP contribution is 2.36. The number of ether oxygens (including phenoxy) is 1. The molecular formula is C17H27NO3. The Kier molecular flexibility index (Phi) is 5.40. The summed E-state index contributed by atoms with van der Waals surface area (Å²) in [5.41, 5.74) is 6.89. The molecule has 1 unspecified atom stereocenters. The van der Waals surface area contributed by atoms with Crippen molar-refractivity contribution in [1.82, 2.24) is 0 Å². The number of carbonyl (C=O) groups is 1. The minimum atomic E-state index is -1.05. The zero-order valence-electron chi connectivity index (χ0n) is 13.6. The van der Waals surface area contributed by atoms with Gasteiger partial charge in [0.15, 0.2) is 0 Å². The van der Waals surface area contributed by atoms with Gasteiger partial charge in [-0.25, -0.2) is 4.79 Å². The van der Waals surface area contributed by atoms with Gasteiger partial charge >= 0.3 is 5.97 Å². The molecule has 0 aliphatic carbocycles. The molecule has 4 nitrogen and oxygen atoms in total. The van der Waals surface area contributed by atoms with Crippen molar-refractivity contribution < 1.29 is 14.6 Å². The molecule has 0 aliphatic rings. The largest absolute Gasteiger partial charge is 0.478 e. The summed E-state index contributed by atoms with van der Waals surface area (Å²) < 4.78 is 5.37. The first-order chi connectivity index (χ1) is 9.55. The Morgan fingerprint density at radius 3 is 2.10 bits per heavy atom. The van der Waals surface area contributed by atoms with E-state index in [9.17, 15) is 4.79 Å². The lowest BCUT2D eigenvalue weighted by Crippen LogP contribution is -2.34. The zero-order valence-corrected chi connectivity index (χ0v) is 13.6. The average molecular weight is 293 g/mol. The lowest BCUT2D eigenvalue weighted by molar-refractivity contribution is -0.144. The Balaban J connectivity index is 2.85. The molecule has 0 heterocycles. The van der Waals surface area contributed by atoms with Crippen molar-refractivity contribution in [3.05, 3.63) is 29.8 Å². The van der Waals surface area contributed by atoms with Gasteiger partial charge in [0.25, 0.3) is 0 Å². The van der Waals surface area contributed by atoms with Crippen LogP contribution in [0.5, 0.6) is 5.75 Å². The highest BCUT2D eigenvalue weighted by Gasteiger charge is 2.27. The topological polar surface area (TPSA) is 72.5 Å². The van der Waals surface area contributed by atoms with E-state index in [0.717, 1.165) is 6.42 Å². The Morgan fingerprint density at radius 2 is 1.71 bits per heavy atom. The van der Waals surface area contributed by atoms with Crippen molar-refractivity contribution >= 4 is 5.97 Å². The summed E-state index contributed by atoms with van der Waals surface area (Å²) in [6, 6.07) is 7.61. The maximum absolute atomic E-state index is 10.9. The normalized spacial score (nSPS) is 13.8. The van der Waals surface area contributed by atoms with Gasteiger partial charge in [-0.05, 0) is 34.9 Å². The lowest BCUT2D eigenvalue weighted by Gasteiger charge is -2.33. The fraction of sp³-hybridized carbons (Fsp3) is 0.588. The summed E-state index contributed by atoms with van der Waals surface area (Å²) in [5, 5.41) is 8.94. The van der Waals surface area contributed by atoms with E-state index in [2.05, 4.69) is 34.6 Å². The molecule has 21 heavy (non-hydrogen) atoms. The number of carboxylic acid groups (broad SMARTS) is 1. The van der Waals surface area contributed by atoms with Crippen molar-refractivity contribution in [2.75, 3.05) is 6.54 Å². The summed E-state index contributed by atoms with van der Waals surface area (Å²) in [6.07, 6.45) is 0.0549. The van der Waals surface area contributed by atoms with Gasteiger partial charge in [0.05, 0.1) is 0 Å². The van der Waals surface area contributed by atoms with Gasteiger partial charge < -0.3 is 15.6 Å². The fourth-order valence-corrected chi connectivity index (χ4v) is 2.78. The van der Waals surface area contributed by atoms with Gasteiger partial charge in [0, 0.05) is 6.54 Å². The zero-order chi connectivity index (χ0) is 16.3. The number of nitrogens with two attached hydrogens (primary N) is 1. The highest BCUT2D eigenvalue weighted by molar-refractivity contribution is 5.73. The smallest absolute Gasteiger partial charge is 0.346 e. The molecule has 0 spiro atoms. The van der Waals surface area contributed by atoms with Gasteiger partial charge in [-0.15, -0.1) is 0 Å². The number of hydrogen-bond acceptors (Lipinski definition) is 3. The van der Waals surface area contributed by atoms with Gasteiger partial charge in [-0.3, -0.25) is 0 Å². The fourth-order valence-electron chi connectivity index (χ4n) is 2.78. The van der Waals surface area contributed by atoms with Crippen LogP contribution in [-0.2, 0) is 10.2 Å². The third kappa shape index (κ3) is 5.38. The number of aliphatic carboxylic acids is 1. The van der Waals surface area contributed by atoms with Crippen LogP contribution in [0.15, 0.2) is 24.3 Å². The van der Waals surface area contributed by atoms with Crippen molar-refractivity contribution in [2.45, 2.75) is 52.6 Å². The molecule has 0 saturated carbocycles. The average Bonchev–Trinajstić information content (AvgIpc) is 2.33. The standard InChI is InChI=1S/C17H27NO3/c1-16(2,3)11-17(4,5)12-6-8-13(9-7-12)21-14(10-18)15(19)20/h6-9,14H,10-11,18H2,1-5H3,(H,19,20). The van der Waals surface area contributed by atoms with E-state index >= 15 is 0 Å². The van der Waals surface area contributed by atoms with Crippen LogP contribution in [-0.4, -0.2) is 23.7 Å². The Bertz CT molecular complexity index is 472. The second-order valence-electron chi connectivity index (χ2n) is 7.33. The van der Waals surface area contributed by atoms with Crippen LogP contribution in [0.3, 0.4) is 0 Å². The molecular weight excluding hydrogens is 266 g/mol. The molecule has 1 aromatic carbocycles. The van der Waals surface area contributed by atoms with E-state index < -0.39 is 12.1 Å². The molecule has 4 heteroatoms. The summed E-state index contributed by atoms with van der Waals surface area (Å²) >= 11 is 0. The first-order valence-electron chi connectivity index (χ1n) is 7.25.